The van der Waals surface area contributed by atoms with Crippen molar-refractivity contribution in [3.63, 3.8) is 0 Å². The van der Waals surface area contributed by atoms with Gasteiger partial charge in [-0.1, -0.05) is 12.1 Å². The molecule has 2 nitrogen and oxygen atoms in total. The number of halogens is 2. The maximum Gasteiger partial charge on any atom is 0.158 e. The van der Waals surface area contributed by atoms with Crippen molar-refractivity contribution in [1.82, 2.24) is 0 Å². The molecule has 0 atom stereocenters. The van der Waals surface area contributed by atoms with E-state index in [0.717, 1.165) is 12.1 Å². The Hall–Kier alpha value is -1.00. The molecule has 4 N–H and O–H groups in total. The van der Waals surface area contributed by atoms with Crippen molar-refractivity contribution in [3.8, 4) is 0 Å². The number of benzene rings is 1. The van der Waals surface area contributed by atoms with Gasteiger partial charge in [-0.3, -0.25) is 11.7 Å². The first-order chi connectivity index (χ1) is 4.80. The largest absolute Gasteiger partial charge is 0.274 e. The summed E-state index contributed by atoms with van der Waals surface area (Å²) in [6, 6.07) is 5.04. The third-order valence-electron chi connectivity index (χ3n) is 0.824. The smallest absolute Gasteiger partial charge is 0.158 e. The fourth-order valence-corrected chi connectivity index (χ4v) is 0.439. The molecule has 0 aliphatic carbocycles. The average molecular weight is 146 g/mol. The summed E-state index contributed by atoms with van der Waals surface area (Å²) in [4.78, 5) is 0. The molecule has 0 unspecified atom stereocenters. The predicted molar refractivity (Wildman–Crippen MR) is 34.7 cm³/mol. The summed E-state index contributed by atoms with van der Waals surface area (Å²) in [7, 11) is 0. The Balaban J connectivity index is 0.000000371. The van der Waals surface area contributed by atoms with Crippen LogP contribution in [0.3, 0.4) is 0 Å². The summed E-state index contributed by atoms with van der Waals surface area (Å²) < 4.78 is 23.9. The minimum Gasteiger partial charge on any atom is -0.274 e. The van der Waals surface area contributed by atoms with Crippen molar-refractivity contribution in [2.75, 3.05) is 0 Å². The predicted octanol–water partition coefficient (Wildman–Crippen LogP) is 0.784. The van der Waals surface area contributed by atoms with Gasteiger partial charge in [0.25, 0.3) is 0 Å². The lowest BCUT2D eigenvalue weighted by Crippen LogP contribution is -2.02. The standard InChI is InChI=1S/C6H4F2.H4N2/c7-5-3-1-2-4-6(5)8;1-2/h1-4H;1-2H2. The molecule has 0 bridgehead atoms. The number of hydrogen-bond acceptors (Lipinski definition) is 2. The quantitative estimate of drug-likeness (QED) is 0.420. The lowest BCUT2D eigenvalue weighted by molar-refractivity contribution is 0.508. The highest BCUT2D eigenvalue weighted by Gasteiger charge is 1.93. The summed E-state index contributed by atoms with van der Waals surface area (Å²) in [6.07, 6.45) is 0. The molecule has 4 heteroatoms. The van der Waals surface area contributed by atoms with Gasteiger partial charge < -0.3 is 0 Å². The highest BCUT2D eigenvalue weighted by molar-refractivity contribution is 5.05. The zero-order chi connectivity index (χ0) is 7.98. The van der Waals surface area contributed by atoms with E-state index in [0.29, 0.717) is 0 Å². The molecule has 0 aromatic heterocycles. The van der Waals surface area contributed by atoms with Gasteiger partial charge in [0, 0.05) is 0 Å². The van der Waals surface area contributed by atoms with E-state index in [-0.39, 0.29) is 0 Å². The molecule has 0 spiro atoms. The van der Waals surface area contributed by atoms with Gasteiger partial charge in [-0.05, 0) is 12.1 Å². The molecular weight excluding hydrogens is 138 g/mol. The lowest BCUT2D eigenvalue weighted by Gasteiger charge is -1.85. The number of nitrogens with two attached hydrogens (primary N) is 2. The third kappa shape index (κ3) is 2.52. The minimum absolute atomic E-state index is 0.799. The van der Waals surface area contributed by atoms with E-state index in [1.807, 2.05) is 0 Å². The monoisotopic (exact) mass is 146 g/mol. The van der Waals surface area contributed by atoms with Crippen LogP contribution in [-0.2, 0) is 0 Å². The summed E-state index contributed by atoms with van der Waals surface area (Å²) >= 11 is 0. The molecule has 0 amide bonds. The van der Waals surface area contributed by atoms with Gasteiger partial charge >= 0.3 is 0 Å². The first-order valence-electron chi connectivity index (χ1n) is 2.54. The molecule has 10 heavy (non-hydrogen) atoms. The zero-order valence-electron chi connectivity index (χ0n) is 5.22. The Morgan fingerprint density at radius 1 is 0.900 bits per heavy atom. The van der Waals surface area contributed by atoms with E-state index in [1.54, 1.807) is 0 Å². The Morgan fingerprint density at radius 2 is 1.20 bits per heavy atom. The highest BCUT2D eigenvalue weighted by atomic mass is 19.2. The fourth-order valence-electron chi connectivity index (χ4n) is 0.439. The molecule has 0 fully saturated rings. The first-order valence-corrected chi connectivity index (χ1v) is 2.54. The molecule has 0 heterocycles. The molecule has 56 valence electrons. The van der Waals surface area contributed by atoms with E-state index in [2.05, 4.69) is 11.7 Å². The normalized spacial score (nSPS) is 8.00. The fraction of sp³-hybridized carbons (Fsp3) is 0. The lowest BCUT2D eigenvalue weighted by atomic mass is 10.3. The van der Waals surface area contributed by atoms with Gasteiger partial charge in [-0.2, -0.15) is 0 Å². The van der Waals surface area contributed by atoms with E-state index in [9.17, 15) is 8.78 Å². The Kier molecular flexibility index (Phi) is 4.36. The van der Waals surface area contributed by atoms with Crippen LogP contribution in [0.25, 0.3) is 0 Å². The van der Waals surface area contributed by atoms with Crippen LogP contribution in [0.4, 0.5) is 8.78 Å². The molecular formula is C6H8F2N2. The van der Waals surface area contributed by atoms with Crippen LogP contribution >= 0.6 is 0 Å². The van der Waals surface area contributed by atoms with E-state index < -0.39 is 11.6 Å². The molecule has 0 radical (unpaired) electrons. The van der Waals surface area contributed by atoms with Crippen molar-refractivity contribution < 1.29 is 8.78 Å². The zero-order valence-corrected chi connectivity index (χ0v) is 5.22. The third-order valence-corrected chi connectivity index (χ3v) is 0.824. The van der Waals surface area contributed by atoms with E-state index >= 15 is 0 Å². The second-order valence-corrected chi connectivity index (χ2v) is 1.41. The van der Waals surface area contributed by atoms with Gasteiger partial charge in [-0.15, -0.1) is 0 Å². The van der Waals surface area contributed by atoms with Gasteiger partial charge in [0.15, 0.2) is 11.6 Å². The molecule has 1 aromatic rings. The topological polar surface area (TPSA) is 52.0 Å². The summed E-state index contributed by atoms with van der Waals surface area (Å²) in [5.41, 5.74) is 0. The van der Waals surface area contributed by atoms with Crippen molar-refractivity contribution in [3.05, 3.63) is 35.9 Å². The maximum atomic E-state index is 11.9. The molecule has 1 rings (SSSR count). The molecule has 0 saturated heterocycles. The molecule has 1 aromatic carbocycles. The number of hydrazine groups is 1. The van der Waals surface area contributed by atoms with Crippen molar-refractivity contribution >= 4 is 0 Å². The van der Waals surface area contributed by atoms with Crippen molar-refractivity contribution in [2.24, 2.45) is 11.7 Å². The van der Waals surface area contributed by atoms with Crippen LogP contribution in [0.15, 0.2) is 24.3 Å². The first kappa shape index (κ1) is 9.00. The second-order valence-electron chi connectivity index (χ2n) is 1.41. The van der Waals surface area contributed by atoms with Crippen LogP contribution in [0.2, 0.25) is 0 Å². The molecule has 0 aliphatic heterocycles. The van der Waals surface area contributed by atoms with Crippen LogP contribution in [-0.4, -0.2) is 0 Å². The van der Waals surface area contributed by atoms with Gasteiger partial charge in [0.05, 0.1) is 0 Å². The SMILES string of the molecule is Fc1ccccc1F.NN. The maximum absolute atomic E-state index is 11.9. The summed E-state index contributed by atoms with van der Waals surface area (Å²) in [5.74, 6) is 6.40. The number of rotatable bonds is 0. The van der Waals surface area contributed by atoms with Gasteiger partial charge in [-0.25, -0.2) is 8.78 Å². The summed E-state index contributed by atoms with van der Waals surface area (Å²) in [6.45, 7) is 0. The van der Waals surface area contributed by atoms with Gasteiger partial charge in [0.2, 0.25) is 0 Å². The molecule has 0 aliphatic rings. The van der Waals surface area contributed by atoms with Crippen LogP contribution in [0.1, 0.15) is 0 Å². The average Bonchev–Trinajstić information content (AvgIpc) is 2.00. The van der Waals surface area contributed by atoms with Crippen LogP contribution in [0, 0.1) is 11.6 Å². The second kappa shape index (κ2) is 4.84. The van der Waals surface area contributed by atoms with Crippen LogP contribution in [0.5, 0.6) is 0 Å². The van der Waals surface area contributed by atoms with Crippen LogP contribution < -0.4 is 11.7 Å². The minimum atomic E-state index is -0.799. The summed E-state index contributed by atoms with van der Waals surface area (Å²) in [5, 5.41) is 0. The van der Waals surface area contributed by atoms with E-state index in [1.165, 1.54) is 12.1 Å². The Labute approximate surface area is 57.4 Å². The van der Waals surface area contributed by atoms with Gasteiger partial charge in [0.1, 0.15) is 0 Å². The number of hydrogen-bond donors (Lipinski definition) is 2. The molecule has 0 saturated carbocycles. The highest BCUT2D eigenvalue weighted by Crippen LogP contribution is 2.01. The van der Waals surface area contributed by atoms with Crippen molar-refractivity contribution in [1.29, 1.82) is 0 Å². The Bertz CT molecular complexity index is 170. The Morgan fingerprint density at radius 3 is 1.40 bits per heavy atom. The van der Waals surface area contributed by atoms with Crippen molar-refractivity contribution in [2.45, 2.75) is 0 Å². The van der Waals surface area contributed by atoms with E-state index in [4.69, 9.17) is 0 Å².